The van der Waals surface area contributed by atoms with Crippen molar-refractivity contribution < 1.29 is 14.3 Å². The van der Waals surface area contributed by atoms with Gasteiger partial charge in [0.2, 0.25) is 11.8 Å². The summed E-state index contributed by atoms with van der Waals surface area (Å²) in [6.07, 6.45) is 1.47. The lowest BCUT2D eigenvalue weighted by Gasteiger charge is -2.17. The Morgan fingerprint density at radius 3 is 2.56 bits per heavy atom. The van der Waals surface area contributed by atoms with E-state index in [0.29, 0.717) is 25.8 Å². The second-order valence-electron chi connectivity index (χ2n) is 6.16. The van der Waals surface area contributed by atoms with Crippen LogP contribution in [-0.2, 0) is 16.0 Å². The highest BCUT2D eigenvalue weighted by molar-refractivity contribution is 5.96. The zero-order valence-corrected chi connectivity index (χ0v) is 14.3. The fourth-order valence-electron chi connectivity index (χ4n) is 3.02. The third-order valence-corrected chi connectivity index (χ3v) is 4.36. The summed E-state index contributed by atoms with van der Waals surface area (Å²) in [6.45, 7) is 0.502. The summed E-state index contributed by atoms with van der Waals surface area (Å²) in [5, 5.41) is 2.98. The number of amides is 2. The van der Waals surface area contributed by atoms with Crippen LogP contribution in [0.5, 0.6) is 5.75 Å². The first-order valence-corrected chi connectivity index (χ1v) is 8.43. The number of ether oxygens (including phenoxy) is 1. The minimum atomic E-state index is -0.141. The number of hydrogen-bond donors (Lipinski definition) is 1. The predicted molar refractivity (Wildman–Crippen MR) is 96.7 cm³/mol. The van der Waals surface area contributed by atoms with Gasteiger partial charge in [0.05, 0.1) is 13.2 Å². The summed E-state index contributed by atoms with van der Waals surface area (Å²) in [5.41, 5.74) is 1.96. The van der Waals surface area contributed by atoms with Crippen molar-refractivity contribution in [2.24, 2.45) is 0 Å². The summed E-state index contributed by atoms with van der Waals surface area (Å²) in [5.74, 6) is 0.762. The van der Waals surface area contributed by atoms with Gasteiger partial charge in [-0.1, -0.05) is 30.3 Å². The van der Waals surface area contributed by atoms with Gasteiger partial charge in [-0.3, -0.25) is 9.59 Å². The minimum Gasteiger partial charge on any atom is -0.497 e. The molecule has 1 atom stereocenters. The normalized spacial score (nSPS) is 16.8. The highest BCUT2D eigenvalue weighted by Crippen LogP contribution is 2.24. The topological polar surface area (TPSA) is 58.6 Å². The lowest BCUT2D eigenvalue weighted by atomic mass is 10.1. The zero-order chi connectivity index (χ0) is 17.6. The molecular formula is C20H22N2O3. The predicted octanol–water partition coefficient (Wildman–Crippen LogP) is 2.55. The smallest absolute Gasteiger partial charge is 0.229 e. The number of aryl methyl sites for hydroxylation is 1. The average molecular weight is 338 g/mol. The van der Waals surface area contributed by atoms with Crippen LogP contribution in [-0.4, -0.2) is 31.5 Å². The van der Waals surface area contributed by atoms with Crippen molar-refractivity contribution in [2.45, 2.75) is 25.3 Å². The first-order valence-electron chi connectivity index (χ1n) is 8.43. The SMILES string of the molecule is COc1ccc(N2C[C@H](NC(=O)CCc3ccccc3)CC2=O)cc1. The van der Waals surface area contributed by atoms with Crippen LogP contribution in [0.2, 0.25) is 0 Å². The van der Waals surface area contributed by atoms with E-state index in [1.807, 2.05) is 54.6 Å². The van der Waals surface area contributed by atoms with E-state index in [0.717, 1.165) is 17.0 Å². The molecule has 2 amide bonds. The summed E-state index contributed by atoms with van der Waals surface area (Å²) in [7, 11) is 1.61. The molecule has 1 heterocycles. The van der Waals surface area contributed by atoms with Crippen molar-refractivity contribution in [3.8, 4) is 5.75 Å². The Bertz CT molecular complexity index is 728. The van der Waals surface area contributed by atoms with E-state index < -0.39 is 0 Å². The molecule has 2 aromatic carbocycles. The van der Waals surface area contributed by atoms with Gasteiger partial charge in [-0.15, -0.1) is 0 Å². The van der Waals surface area contributed by atoms with Gasteiger partial charge in [-0.25, -0.2) is 0 Å². The van der Waals surface area contributed by atoms with Crippen molar-refractivity contribution in [1.29, 1.82) is 0 Å². The van der Waals surface area contributed by atoms with E-state index in [-0.39, 0.29) is 17.9 Å². The molecule has 5 nitrogen and oxygen atoms in total. The Labute approximate surface area is 147 Å². The number of carbonyl (C=O) groups excluding carboxylic acids is 2. The number of anilines is 1. The summed E-state index contributed by atoms with van der Waals surface area (Å²) >= 11 is 0. The van der Waals surface area contributed by atoms with Crippen LogP contribution in [0.25, 0.3) is 0 Å². The Morgan fingerprint density at radius 2 is 1.88 bits per heavy atom. The van der Waals surface area contributed by atoms with Crippen LogP contribution in [0.1, 0.15) is 18.4 Å². The van der Waals surface area contributed by atoms with E-state index in [9.17, 15) is 9.59 Å². The zero-order valence-electron chi connectivity index (χ0n) is 14.3. The van der Waals surface area contributed by atoms with Crippen molar-refractivity contribution in [1.82, 2.24) is 5.32 Å². The largest absolute Gasteiger partial charge is 0.497 e. The number of benzene rings is 2. The van der Waals surface area contributed by atoms with E-state index >= 15 is 0 Å². The maximum atomic E-state index is 12.2. The van der Waals surface area contributed by atoms with Gasteiger partial charge in [0.15, 0.2) is 0 Å². The Morgan fingerprint density at radius 1 is 1.16 bits per heavy atom. The van der Waals surface area contributed by atoms with Crippen molar-refractivity contribution in [3.63, 3.8) is 0 Å². The van der Waals surface area contributed by atoms with Crippen LogP contribution in [0.3, 0.4) is 0 Å². The molecule has 5 heteroatoms. The average Bonchev–Trinajstić information content (AvgIpc) is 3.01. The van der Waals surface area contributed by atoms with Crippen LogP contribution < -0.4 is 15.0 Å². The third kappa shape index (κ3) is 4.38. The molecule has 130 valence electrons. The van der Waals surface area contributed by atoms with Gasteiger partial charge < -0.3 is 15.0 Å². The molecule has 1 aliphatic rings. The van der Waals surface area contributed by atoms with Crippen molar-refractivity contribution >= 4 is 17.5 Å². The molecule has 1 N–H and O–H groups in total. The van der Waals surface area contributed by atoms with Gasteiger partial charge in [-0.2, -0.15) is 0 Å². The first kappa shape index (κ1) is 17.0. The number of rotatable bonds is 6. The molecule has 3 rings (SSSR count). The number of hydrogen-bond acceptors (Lipinski definition) is 3. The summed E-state index contributed by atoms with van der Waals surface area (Å²) < 4.78 is 5.14. The minimum absolute atomic E-state index is 0.0155. The van der Waals surface area contributed by atoms with Crippen LogP contribution >= 0.6 is 0 Å². The lowest BCUT2D eigenvalue weighted by molar-refractivity contribution is -0.121. The number of methoxy groups -OCH3 is 1. The fraction of sp³-hybridized carbons (Fsp3) is 0.300. The standard InChI is InChI=1S/C20H22N2O3/c1-25-18-10-8-17(9-11-18)22-14-16(13-20(22)24)21-19(23)12-7-15-5-3-2-4-6-15/h2-6,8-11,16H,7,12-14H2,1H3,(H,21,23)/t16-/m1/s1. The highest BCUT2D eigenvalue weighted by atomic mass is 16.5. The van der Waals surface area contributed by atoms with Crippen molar-refractivity contribution in [3.05, 3.63) is 60.2 Å². The molecule has 0 unspecified atom stereocenters. The summed E-state index contributed by atoms with van der Waals surface area (Å²) in [4.78, 5) is 26.1. The Kier molecular flexibility index (Phi) is 5.33. The van der Waals surface area contributed by atoms with E-state index in [2.05, 4.69) is 5.32 Å². The first-order chi connectivity index (χ1) is 12.2. The molecule has 1 saturated heterocycles. The van der Waals surface area contributed by atoms with Gasteiger partial charge in [-0.05, 0) is 36.2 Å². The van der Waals surface area contributed by atoms with Crippen LogP contribution in [0.4, 0.5) is 5.69 Å². The van der Waals surface area contributed by atoms with E-state index in [4.69, 9.17) is 4.74 Å². The maximum Gasteiger partial charge on any atom is 0.229 e. The highest BCUT2D eigenvalue weighted by Gasteiger charge is 2.31. The molecule has 0 bridgehead atoms. The number of nitrogens with zero attached hydrogens (tertiary/aromatic N) is 1. The maximum absolute atomic E-state index is 12.2. The number of nitrogens with one attached hydrogen (secondary N) is 1. The molecule has 0 spiro atoms. The molecule has 25 heavy (non-hydrogen) atoms. The Balaban J connectivity index is 1.52. The van der Waals surface area contributed by atoms with Gasteiger partial charge >= 0.3 is 0 Å². The fourth-order valence-corrected chi connectivity index (χ4v) is 3.02. The van der Waals surface area contributed by atoms with E-state index in [1.165, 1.54) is 0 Å². The number of carbonyl (C=O) groups is 2. The van der Waals surface area contributed by atoms with Gasteiger partial charge in [0, 0.05) is 25.1 Å². The molecule has 0 saturated carbocycles. The monoisotopic (exact) mass is 338 g/mol. The molecular weight excluding hydrogens is 316 g/mol. The third-order valence-electron chi connectivity index (χ3n) is 4.36. The van der Waals surface area contributed by atoms with Crippen molar-refractivity contribution in [2.75, 3.05) is 18.6 Å². The molecule has 1 fully saturated rings. The second-order valence-corrected chi connectivity index (χ2v) is 6.16. The molecule has 0 aliphatic carbocycles. The molecule has 0 radical (unpaired) electrons. The molecule has 1 aliphatic heterocycles. The van der Waals surface area contributed by atoms with Crippen LogP contribution in [0, 0.1) is 0 Å². The second kappa shape index (κ2) is 7.83. The van der Waals surface area contributed by atoms with Crippen LogP contribution in [0.15, 0.2) is 54.6 Å². The molecule has 2 aromatic rings. The lowest BCUT2D eigenvalue weighted by Crippen LogP contribution is -2.37. The van der Waals surface area contributed by atoms with Gasteiger partial charge in [0.25, 0.3) is 0 Å². The quantitative estimate of drug-likeness (QED) is 0.881. The Hall–Kier alpha value is -2.82. The summed E-state index contributed by atoms with van der Waals surface area (Å²) in [6, 6.07) is 17.1. The van der Waals surface area contributed by atoms with Gasteiger partial charge in [0.1, 0.15) is 5.75 Å². The van der Waals surface area contributed by atoms with E-state index in [1.54, 1.807) is 12.0 Å². The molecule has 0 aromatic heterocycles.